The number of para-hydroxylation sites is 2. The van der Waals surface area contributed by atoms with E-state index in [0.29, 0.717) is 0 Å². The number of benzene rings is 2. The minimum atomic E-state index is -0.573. The topological polar surface area (TPSA) is 70.2 Å². The van der Waals surface area contributed by atoms with Crippen LogP contribution < -0.4 is 16.0 Å². The molecule has 1 aliphatic rings. The lowest BCUT2D eigenvalue weighted by Crippen LogP contribution is -2.41. The number of rotatable bonds is 3. The molecule has 0 aromatic heterocycles. The molecule has 3 rings (SSSR count). The summed E-state index contributed by atoms with van der Waals surface area (Å²) in [7, 11) is 0. The summed E-state index contributed by atoms with van der Waals surface area (Å²) in [4.78, 5) is 24.3. The molecule has 0 spiro atoms. The zero-order valence-electron chi connectivity index (χ0n) is 13.1. The summed E-state index contributed by atoms with van der Waals surface area (Å²) < 4.78 is 0. The number of carbonyl (C=O) groups excluding carboxylic acids is 2. The summed E-state index contributed by atoms with van der Waals surface area (Å²) in [6.45, 7) is 3.96. The fraction of sp³-hybridized carbons (Fsp3) is 0.222. The molecular formula is C18H19N3O2. The van der Waals surface area contributed by atoms with Crippen LogP contribution in [0.4, 0.5) is 17.1 Å². The summed E-state index contributed by atoms with van der Waals surface area (Å²) >= 11 is 0. The Morgan fingerprint density at radius 3 is 2.43 bits per heavy atom. The lowest BCUT2D eigenvalue weighted by molar-refractivity contribution is -0.122. The number of nitrogens with one attached hydrogen (secondary N) is 3. The minimum absolute atomic E-state index is 0.0765. The van der Waals surface area contributed by atoms with Crippen molar-refractivity contribution in [3.8, 4) is 0 Å². The van der Waals surface area contributed by atoms with Gasteiger partial charge in [0.1, 0.15) is 6.04 Å². The van der Waals surface area contributed by atoms with Gasteiger partial charge in [0.25, 0.3) is 0 Å². The van der Waals surface area contributed by atoms with E-state index in [4.69, 9.17) is 0 Å². The number of aryl methyl sites for hydroxylation is 2. The maximum absolute atomic E-state index is 12.2. The van der Waals surface area contributed by atoms with Gasteiger partial charge in [0.15, 0.2) is 0 Å². The molecule has 2 amide bonds. The van der Waals surface area contributed by atoms with Gasteiger partial charge >= 0.3 is 0 Å². The SMILES string of the molecule is Cc1cc(C)cc(NC(=O)CC2Nc3ccccc3NC2=O)c1. The van der Waals surface area contributed by atoms with Crippen LogP contribution in [-0.4, -0.2) is 17.9 Å². The van der Waals surface area contributed by atoms with E-state index in [-0.39, 0.29) is 18.2 Å². The quantitative estimate of drug-likeness (QED) is 0.816. The van der Waals surface area contributed by atoms with Gasteiger partial charge in [-0.25, -0.2) is 0 Å². The van der Waals surface area contributed by atoms with Crippen molar-refractivity contribution >= 4 is 28.9 Å². The number of hydrogen-bond acceptors (Lipinski definition) is 3. The molecule has 118 valence electrons. The van der Waals surface area contributed by atoms with Gasteiger partial charge < -0.3 is 16.0 Å². The second-order valence-electron chi connectivity index (χ2n) is 5.86. The highest BCUT2D eigenvalue weighted by atomic mass is 16.2. The first-order valence-corrected chi connectivity index (χ1v) is 7.56. The smallest absolute Gasteiger partial charge is 0.247 e. The van der Waals surface area contributed by atoms with Crippen LogP contribution in [0.1, 0.15) is 17.5 Å². The maximum atomic E-state index is 12.2. The zero-order valence-corrected chi connectivity index (χ0v) is 13.1. The van der Waals surface area contributed by atoms with Gasteiger partial charge in [-0.1, -0.05) is 18.2 Å². The summed E-state index contributed by atoms with van der Waals surface area (Å²) in [6.07, 6.45) is 0.0765. The van der Waals surface area contributed by atoms with Crippen LogP contribution in [0.25, 0.3) is 0 Å². The molecule has 0 aliphatic carbocycles. The molecule has 0 radical (unpaired) electrons. The van der Waals surface area contributed by atoms with E-state index in [2.05, 4.69) is 16.0 Å². The van der Waals surface area contributed by atoms with Crippen molar-refractivity contribution in [1.82, 2.24) is 0 Å². The number of carbonyl (C=O) groups is 2. The Morgan fingerprint density at radius 2 is 1.74 bits per heavy atom. The molecule has 5 nitrogen and oxygen atoms in total. The number of amides is 2. The predicted octanol–water partition coefficient (Wildman–Crippen LogP) is 3.06. The van der Waals surface area contributed by atoms with Crippen LogP contribution in [-0.2, 0) is 9.59 Å². The molecular weight excluding hydrogens is 290 g/mol. The van der Waals surface area contributed by atoms with Crippen LogP contribution in [0.5, 0.6) is 0 Å². The maximum Gasteiger partial charge on any atom is 0.247 e. The third-order valence-electron chi connectivity index (χ3n) is 3.73. The van der Waals surface area contributed by atoms with E-state index in [9.17, 15) is 9.59 Å². The van der Waals surface area contributed by atoms with Crippen molar-refractivity contribution in [2.45, 2.75) is 26.3 Å². The van der Waals surface area contributed by atoms with Gasteiger partial charge in [-0.3, -0.25) is 9.59 Å². The highest BCUT2D eigenvalue weighted by Crippen LogP contribution is 2.26. The number of hydrogen-bond donors (Lipinski definition) is 3. The normalized spacial score (nSPS) is 16.1. The first-order chi connectivity index (χ1) is 11.0. The summed E-state index contributed by atoms with van der Waals surface area (Å²) in [6, 6.07) is 12.7. The van der Waals surface area contributed by atoms with Gasteiger partial charge in [0.2, 0.25) is 11.8 Å². The molecule has 1 atom stereocenters. The molecule has 0 saturated heterocycles. The van der Waals surface area contributed by atoms with Gasteiger partial charge in [0, 0.05) is 5.69 Å². The number of fused-ring (bicyclic) bond motifs is 1. The Morgan fingerprint density at radius 1 is 1.09 bits per heavy atom. The van der Waals surface area contributed by atoms with Crippen molar-refractivity contribution < 1.29 is 9.59 Å². The monoisotopic (exact) mass is 309 g/mol. The molecule has 2 aromatic carbocycles. The summed E-state index contributed by atoms with van der Waals surface area (Å²) in [5.41, 5.74) is 4.49. The van der Waals surface area contributed by atoms with Crippen molar-refractivity contribution in [1.29, 1.82) is 0 Å². The zero-order chi connectivity index (χ0) is 16.4. The molecule has 0 bridgehead atoms. The van der Waals surface area contributed by atoms with Gasteiger partial charge in [-0.15, -0.1) is 0 Å². The molecule has 23 heavy (non-hydrogen) atoms. The Hall–Kier alpha value is -2.82. The summed E-state index contributed by atoms with van der Waals surface area (Å²) in [5.74, 6) is -0.388. The first kappa shape index (κ1) is 15.1. The molecule has 3 N–H and O–H groups in total. The van der Waals surface area contributed by atoms with E-state index in [1.54, 1.807) is 0 Å². The molecule has 2 aromatic rings. The molecule has 0 fully saturated rings. The molecule has 1 unspecified atom stereocenters. The van der Waals surface area contributed by atoms with Gasteiger partial charge in [0.05, 0.1) is 17.8 Å². The summed E-state index contributed by atoms with van der Waals surface area (Å²) in [5, 5.41) is 8.79. The molecule has 0 saturated carbocycles. The van der Waals surface area contributed by atoms with E-state index in [0.717, 1.165) is 28.2 Å². The third kappa shape index (κ3) is 3.51. The Labute approximate surface area is 135 Å². The van der Waals surface area contributed by atoms with Crippen LogP contribution in [0.2, 0.25) is 0 Å². The van der Waals surface area contributed by atoms with Crippen molar-refractivity contribution in [3.63, 3.8) is 0 Å². The van der Waals surface area contributed by atoms with Crippen LogP contribution in [0, 0.1) is 13.8 Å². The average Bonchev–Trinajstić information content (AvgIpc) is 2.46. The Bertz CT molecular complexity index is 750. The highest BCUT2D eigenvalue weighted by Gasteiger charge is 2.27. The van der Waals surface area contributed by atoms with Crippen LogP contribution >= 0.6 is 0 Å². The Balaban J connectivity index is 1.67. The first-order valence-electron chi connectivity index (χ1n) is 7.56. The average molecular weight is 309 g/mol. The van der Waals surface area contributed by atoms with Crippen LogP contribution in [0.3, 0.4) is 0 Å². The fourth-order valence-electron chi connectivity index (χ4n) is 2.78. The van der Waals surface area contributed by atoms with Gasteiger partial charge in [-0.2, -0.15) is 0 Å². The molecule has 1 aliphatic heterocycles. The van der Waals surface area contributed by atoms with Gasteiger partial charge in [-0.05, 0) is 49.2 Å². The van der Waals surface area contributed by atoms with Crippen molar-refractivity contribution in [3.05, 3.63) is 53.6 Å². The lowest BCUT2D eigenvalue weighted by atomic mass is 10.1. The largest absolute Gasteiger partial charge is 0.372 e. The third-order valence-corrected chi connectivity index (χ3v) is 3.73. The molecule has 5 heteroatoms. The van der Waals surface area contributed by atoms with Crippen molar-refractivity contribution in [2.24, 2.45) is 0 Å². The van der Waals surface area contributed by atoms with E-state index in [1.165, 1.54) is 0 Å². The Kier molecular flexibility index (Phi) is 4.02. The minimum Gasteiger partial charge on any atom is -0.372 e. The molecule has 1 heterocycles. The lowest BCUT2D eigenvalue weighted by Gasteiger charge is -2.26. The second-order valence-corrected chi connectivity index (χ2v) is 5.86. The van der Waals surface area contributed by atoms with Crippen molar-refractivity contribution in [2.75, 3.05) is 16.0 Å². The fourth-order valence-corrected chi connectivity index (χ4v) is 2.78. The predicted molar refractivity (Wildman–Crippen MR) is 91.6 cm³/mol. The highest BCUT2D eigenvalue weighted by molar-refractivity contribution is 6.06. The second kappa shape index (κ2) is 6.12. The standard InChI is InChI=1S/C18H19N3O2/c1-11-7-12(2)9-13(8-11)19-17(22)10-16-18(23)21-15-6-4-3-5-14(15)20-16/h3-9,16,20H,10H2,1-2H3,(H,19,22)(H,21,23). The van der Waals surface area contributed by atoms with E-state index in [1.807, 2.05) is 56.3 Å². The number of anilines is 3. The van der Waals surface area contributed by atoms with E-state index >= 15 is 0 Å². The van der Waals surface area contributed by atoms with Crippen LogP contribution in [0.15, 0.2) is 42.5 Å². The van der Waals surface area contributed by atoms with E-state index < -0.39 is 6.04 Å².